The standard InChI is InChI=1S/C14H22N2O/c1-11-4-5-14(17-3)13(10-11)15-12-6-8-16(2)9-7-12/h4-5,10,12,15H,6-9H2,1-3H3. The quantitative estimate of drug-likeness (QED) is 0.869. The Morgan fingerprint density at radius 3 is 2.65 bits per heavy atom. The minimum Gasteiger partial charge on any atom is -0.495 e. The molecule has 2 rings (SSSR count). The molecule has 1 aromatic rings. The zero-order valence-corrected chi connectivity index (χ0v) is 11.0. The van der Waals surface area contributed by atoms with Gasteiger partial charge >= 0.3 is 0 Å². The number of aryl methyl sites for hydroxylation is 1. The number of nitrogens with one attached hydrogen (secondary N) is 1. The predicted molar refractivity (Wildman–Crippen MR) is 71.9 cm³/mol. The fraction of sp³-hybridized carbons (Fsp3) is 0.571. The first-order valence-electron chi connectivity index (χ1n) is 6.29. The van der Waals surface area contributed by atoms with Gasteiger partial charge in [-0.25, -0.2) is 0 Å². The lowest BCUT2D eigenvalue weighted by atomic mass is 10.0. The number of benzene rings is 1. The predicted octanol–water partition coefficient (Wildman–Crippen LogP) is 2.51. The number of likely N-dealkylation sites (tertiary alicyclic amines) is 1. The van der Waals surface area contributed by atoms with E-state index in [1.54, 1.807) is 7.11 Å². The number of anilines is 1. The van der Waals surface area contributed by atoms with Crippen LogP contribution in [0.3, 0.4) is 0 Å². The Morgan fingerprint density at radius 2 is 2.00 bits per heavy atom. The second kappa shape index (κ2) is 5.41. The maximum absolute atomic E-state index is 5.39. The van der Waals surface area contributed by atoms with Crippen LogP contribution in [0, 0.1) is 6.92 Å². The van der Waals surface area contributed by atoms with Gasteiger partial charge in [-0.2, -0.15) is 0 Å². The molecule has 0 aromatic heterocycles. The SMILES string of the molecule is COc1ccc(C)cc1NC1CCN(C)CC1. The molecule has 1 aromatic carbocycles. The topological polar surface area (TPSA) is 24.5 Å². The maximum Gasteiger partial charge on any atom is 0.141 e. The summed E-state index contributed by atoms with van der Waals surface area (Å²) in [6, 6.07) is 6.85. The van der Waals surface area contributed by atoms with Crippen molar-refractivity contribution in [3.8, 4) is 5.75 Å². The molecule has 0 saturated carbocycles. The van der Waals surface area contributed by atoms with Crippen LogP contribution in [0.25, 0.3) is 0 Å². The van der Waals surface area contributed by atoms with Crippen molar-refractivity contribution < 1.29 is 4.74 Å². The van der Waals surface area contributed by atoms with E-state index < -0.39 is 0 Å². The third-order valence-electron chi connectivity index (χ3n) is 3.43. The number of ether oxygens (including phenoxy) is 1. The smallest absolute Gasteiger partial charge is 0.141 e. The second-order valence-corrected chi connectivity index (χ2v) is 4.93. The number of hydrogen-bond donors (Lipinski definition) is 1. The van der Waals surface area contributed by atoms with Gasteiger partial charge in [0, 0.05) is 6.04 Å². The van der Waals surface area contributed by atoms with Crippen LogP contribution in [0.4, 0.5) is 5.69 Å². The highest BCUT2D eigenvalue weighted by molar-refractivity contribution is 5.58. The summed E-state index contributed by atoms with van der Waals surface area (Å²) >= 11 is 0. The fourth-order valence-corrected chi connectivity index (χ4v) is 2.31. The highest BCUT2D eigenvalue weighted by atomic mass is 16.5. The molecular weight excluding hydrogens is 212 g/mol. The zero-order chi connectivity index (χ0) is 12.3. The van der Waals surface area contributed by atoms with E-state index in [9.17, 15) is 0 Å². The lowest BCUT2D eigenvalue weighted by molar-refractivity contribution is 0.263. The molecule has 3 heteroatoms. The molecule has 0 unspecified atom stereocenters. The summed E-state index contributed by atoms with van der Waals surface area (Å²) in [7, 11) is 3.91. The highest BCUT2D eigenvalue weighted by Gasteiger charge is 2.17. The molecule has 17 heavy (non-hydrogen) atoms. The molecule has 0 aliphatic carbocycles. The summed E-state index contributed by atoms with van der Waals surface area (Å²) < 4.78 is 5.39. The van der Waals surface area contributed by atoms with Gasteiger partial charge in [-0.05, 0) is 57.6 Å². The van der Waals surface area contributed by atoms with Crippen LogP contribution in [0.5, 0.6) is 5.75 Å². The first kappa shape index (κ1) is 12.2. The summed E-state index contributed by atoms with van der Waals surface area (Å²) in [6.45, 7) is 4.46. The Bertz CT molecular complexity index is 370. The molecule has 1 aliphatic rings. The van der Waals surface area contributed by atoms with E-state index in [2.05, 4.69) is 36.3 Å². The lowest BCUT2D eigenvalue weighted by Crippen LogP contribution is -2.36. The molecule has 1 heterocycles. The van der Waals surface area contributed by atoms with E-state index in [0.29, 0.717) is 6.04 Å². The third-order valence-corrected chi connectivity index (χ3v) is 3.43. The summed E-state index contributed by atoms with van der Waals surface area (Å²) in [5.41, 5.74) is 2.39. The van der Waals surface area contributed by atoms with E-state index in [4.69, 9.17) is 4.74 Å². The Kier molecular flexibility index (Phi) is 3.89. The lowest BCUT2D eigenvalue weighted by Gasteiger charge is -2.30. The van der Waals surface area contributed by atoms with Gasteiger partial charge in [0.2, 0.25) is 0 Å². The van der Waals surface area contributed by atoms with E-state index in [1.165, 1.54) is 31.5 Å². The van der Waals surface area contributed by atoms with Crippen molar-refractivity contribution in [1.29, 1.82) is 0 Å². The minimum atomic E-state index is 0.571. The van der Waals surface area contributed by atoms with Crippen molar-refractivity contribution >= 4 is 5.69 Å². The average molecular weight is 234 g/mol. The van der Waals surface area contributed by atoms with Gasteiger partial charge in [-0.3, -0.25) is 0 Å². The van der Waals surface area contributed by atoms with Crippen molar-refractivity contribution in [3.63, 3.8) is 0 Å². The van der Waals surface area contributed by atoms with E-state index in [-0.39, 0.29) is 0 Å². The van der Waals surface area contributed by atoms with Crippen LogP contribution < -0.4 is 10.1 Å². The van der Waals surface area contributed by atoms with Crippen molar-refractivity contribution in [2.24, 2.45) is 0 Å². The second-order valence-electron chi connectivity index (χ2n) is 4.93. The normalized spacial score (nSPS) is 18.1. The zero-order valence-electron chi connectivity index (χ0n) is 11.0. The molecule has 0 spiro atoms. The molecule has 0 amide bonds. The average Bonchev–Trinajstić information content (AvgIpc) is 2.32. The Labute approximate surface area is 104 Å². The Hall–Kier alpha value is -1.22. The van der Waals surface area contributed by atoms with Gasteiger partial charge in [-0.15, -0.1) is 0 Å². The van der Waals surface area contributed by atoms with Gasteiger partial charge in [0.25, 0.3) is 0 Å². The molecule has 3 nitrogen and oxygen atoms in total. The Morgan fingerprint density at radius 1 is 1.29 bits per heavy atom. The van der Waals surface area contributed by atoms with Crippen LogP contribution in [-0.2, 0) is 0 Å². The molecule has 1 fully saturated rings. The van der Waals surface area contributed by atoms with Crippen molar-refractivity contribution in [1.82, 2.24) is 4.90 Å². The largest absolute Gasteiger partial charge is 0.495 e. The molecule has 1 aliphatic heterocycles. The number of hydrogen-bond acceptors (Lipinski definition) is 3. The van der Waals surface area contributed by atoms with Crippen molar-refractivity contribution in [2.45, 2.75) is 25.8 Å². The van der Waals surface area contributed by atoms with E-state index in [0.717, 1.165) is 11.4 Å². The van der Waals surface area contributed by atoms with Crippen LogP contribution in [0.15, 0.2) is 18.2 Å². The number of piperidine rings is 1. The van der Waals surface area contributed by atoms with Gasteiger partial charge in [0.1, 0.15) is 5.75 Å². The van der Waals surface area contributed by atoms with E-state index in [1.807, 2.05) is 6.07 Å². The molecule has 0 atom stereocenters. The molecule has 1 saturated heterocycles. The van der Waals surface area contributed by atoms with Crippen LogP contribution in [0.2, 0.25) is 0 Å². The summed E-state index contributed by atoms with van der Waals surface area (Å²) in [4.78, 5) is 2.38. The molecule has 94 valence electrons. The first-order chi connectivity index (χ1) is 8.19. The van der Waals surface area contributed by atoms with Gasteiger partial charge in [0.15, 0.2) is 0 Å². The van der Waals surface area contributed by atoms with Crippen molar-refractivity contribution in [2.75, 3.05) is 32.6 Å². The Balaban J connectivity index is 2.04. The monoisotopic (exact) mass is 234 g/mol. The van der Waals surface area contributed by atoms with E-state index >= 15 is 0 Å². The molecular formula is C14H22N2O. The molecule has 0 radical (unpaired) electrons. The number of nitrogens with zero attached hydrogens (tertiary/aromatic N) is 1. The van der Waals surface area contributed by atoms with Gasteiger partial charge < -0.3 is 15.0 Å². The fourth-order valence-electron chi connectivity index (χ4n) is 2.31. The number of rotatable bonds is 3. The van der Waals surface area contributed by atoms with Crippen molar-refractivity contribution in [3.05, 3.63) is 23.8 Å². The third kappa shape index (κ3) is 3.13. The van der Waals surface area contributed by atoms with Gasteiger partial charge in [0.05, 0.1) is 12.8 Å². The van der Waals surface area contributed by atoms with Crippen LogP contribution in [-0.4, -0.2) is 38.2 Å². The number of methoxy groups -OCH3 is 1. The first-order valence-corrected chi connectivity index (χ1v) is 6.29. The minimum absolute atomic E-state index is 0.571. The van der Waals surface area contributed by atoms with Gasteiger partial charge in [-0.1, -0.05) is 6.07 Å². The summed E-state index contributed by atoms with van der Waals surface area (Å²) in [5.74, 6) is 0.939. The molecule has 1 N–H and O–H groups in total. The van der Waals surface area contributed by atoms with Crippen LogP contribution >= 0.6 is 0 Å². The highest BCUT2D eigenvalue weighted by Crippen LogP contribution is 2.27. The maximum atomic E-state index is 5.39. The summed E-state index contributed by atoms with van der Waals surface area (Å²) in [5, 5.41) is 3.61. The van der Waals surface area contributed by atoms with Crippen LogP contribution in [0.1, 0.15) is 18.4 Å². The molecule has 0 bridgehead atoms. The summed E-state index contributed by atoms with van der Waals surface area (Å²) in [6.07, 6.45) is 2.40.